The normalized spacial score (nSPS) is 30.5. The van der Waals surface area contributed by atoms with Crippen LogP contribution in [0.15, 0.2) is 0 Å². The first-order valence-corrected chi connectivity index (χ1v) is 7.79. The maximum Gasteiger partial charge on any atom is 0.0951 e. The van der Waals surface area contributed by atoms with E-state index in [9.17, 15) is 0 Å². The second kappa shape index (κ2) is 6.87. The molecule has 0 aliphatic carbocycles. The summed E-state index contributed by atoms with van der Waals surface area (Å²) in [5.74, 6) is 0.908. The van der Waals surface area contributed by atoms with Crippen molar-refractivity contribution in [2.24, 2.45) is 11.7 Å². The van der Waals surface area contributed by atoms with E-state index in [2.05, 4.69) is 18.7 Å². The van der Waals surface area contributed by atoms with Gasteiger partial charge in [0.1, 0.15) is 0 Å². The quantitative estimate of drug-likeness (QED) is 0.574. The molecule has 0 aromatic carbocycles. The van der Waals surface area contributed by atoms with Crippen molar-refractivity contribution in [1.82, 2.24) is 4.90 Å². The van der Waals surface area contributed by atoms with Crippen molar-refractivity contribution in [1.29, 1.82) is 5.41 Å². The van der Waals surface area contributed by atoms with E-state index in [1.165, 1.54) is 0 Å². The van der Waals surface area contributed by atoms with Gasteiger partial charge in [0, 0.05) is 45.2 Å². The number of rotatable bonds is 6. The molecular weight excluding hydrogens is 254 g/mol. The number of amidine groups is 1. The lowest BCUT2D eigenvalue weighted by Crippen LogP contribution is -2.50. The second-order valence-electron chi connectivity index (χ2n) is 6.64. The minimum absolute atomic E-state index is 0.0473. The van der Waals surface area contributed by atoms with Crippen molar-refractivity contribution in [3.05, 3.63) is 0 Å². The van der Waals surface area contributed by atoms with Crippen molar-refractivity contribution >= 4 is 5.84 Å². The molecule has 2 aliphatic rings. The summed E-state index contributed by atoms with van der Waals surface area (Å²) in [5, 5.41) is 7.45. The van der Waals surface area contributed by atoms with Crippen molar-refractivity contribution in [2.45, 2.75) is 51.2 Å². The fourth-order valence-corrected chi connectivity index (χ4v) is 3.33. The number of hydrogen-bond acceptors (Lipinski definition) is 4. The van der Waals surface area contributed by atoms with E-state index in [4.69, 9.17) is 20.6 Å². The second-order valence-corrected chi connectivity index (χ2v) is 6.64. The Hall–Kier alpha value is -0.650. The first kappa shape index (κ1) is 15.7. The van der Waals surface area contributed by atoms with Crippen LogP contribution in [0.4, 0.5) is 0 Å². The number of nitrogens with zero attached hydrogens (tertiary/aromatic N) is 1. The Bertz CT molecular complexity index is 327. The minimum Gasteiger partial charge on any atom is -0.388 e. The molecule has 0 amide bonds. The standard InChI is InChI=1S/C15H29N3O2/c1-12(2)10-18(6-3-14(16)17)13-4-7-20-15(9-13)5-8-19-11-15/h12-13H,3-11H2,1-2H3,(H3,16,17). The minimum atomic E-state index is -0.0473. The number of nitrogens with two attached hydrogens (primary N) is 1. The zero-order valence-corrected chi connectivity index (χ0v) is 12.9. The highest BCUT2D eigenvalue weighted by atomic mass is 16.6. The zero-order valence-electron chi connectivity index (χ0n) is 12.9. The van der Waals surface area contributed by atoms with Gasteiger partial charge in [0.2, 0.25) is 0 Å². The summed E-state index contributed by atoms with van der Waals surface area (Å²) >= 11 is 0. The SMILES string of the molecule is CC(C)CN(CCC(=N)N)C1CCOC2(CCOC2)C1. The van der Waals surface area contributed by atoms with E-state index in [1.807, 2.05) is 0 Å². The van der Waals surface area contributed by atoms with Gasteiger partial charge in [0.05, 0.1) is 18.0 Å². The number of nitrogens with one attached hydrogen (secondary N) is 1. The molecule has 3 N–H and O–H groups in total. The Morgan fingerprint density at radius 2 is 2.25 bits per heavy atom. The predicted octanol–water partition coefficient (Wildman–Crippen LogP) is 1.61. The third kappa shape index (κ3) is 4.17. The van der Waals surface area contributed by atoms with Gasteiger partial charge >= 0.3 is 0 Å². The van der Waals surface area contributed by atoms with Gasteiger partial charge in [-0.05, 0) is 18.8 Å². The fraction of sp³-hybridized carbons (Fsp3) is 0.933. The summed E-state index contributed by atoms with van der Waals surface area (Å²) in [5.41, 5.74) is 5.48. The highest BCUT2D eigenvalue weighted by Gasteiger charge is 2.42. The zero-order chi connectivity index (χ0) is 14.6. The fourth-order valence-electron chi connectivity index (χ4n) is 3.33. The topological polar surface area (TPSA) is 71.6 Å². The molecular formula is C15H29N3O2. The molecule has 5 heteroatoms. The summed E-state index contributed by atoms with van der Waals surface area (Å²) in [6, 6.07) is 0.534. The molecule has 2 atom stereocenters. The molecule has 2 rings (SSSR count). The predicted molar refractivity (Wildman–Crippen MR) is 80.1 cm³/mol. The number of hydrogen-bond donors (Lipinski definition) is 2. The van der Waals surface area contributed by atoms with Gasteiger partial charge in [-0.15, -0.1) is 0 Å². The molecule has 1 spiro atoms. The van der Waals surface area contributed by atoms with Crippen LogP contribution >= 0.6 is 0 Å². The van der Waals surface area contributed by atoms with Crippen LogP contribution in [-0.2, 0) is 9.47 Å². The van der Waals surface area contributed by atoms with Crippen LogP contribution in [0.2, 0.25) is 0 Å². The summed E-state index contributed by atoms with van der Waals surface area (Å²) in [7, 11) is 0. The van der Waals surface area contributed by atoms with E-state index < -0.39 is 0 Å². The van der Waals surface area contributed by atoms with Gasteiger partial charge in [0.15, 0.2) is 0 Å². The largest absolute Gasteiger partial charge is 0.388 e. The van der Waals surface area contributed by atoms with Crippen LogP contribution < -0.4 is 5.73 Å². The molecule has 20 heavy (non-hydrogen) atoms. The molecule has 2 fully saturated rings. The maximum absolute atomic E-state index is 7.45. The molecule has 2 saturated heterocycles. The van der Waals surface area contributed by atoms with Gasteiger partial charge in [-0.2, -0.15) is 0 Å². The van der Waals surface area contributed by atoms with Gasteiger partial charge in [0.25, 0.3) is 0 Å². The summed E-state index contributed by atoms with van der Waals surface area (Å²) < 4.78 is 11.6. The van der Waals surface area contributed by atoms with Crippen molar-refractivity contribution in [2.75, 3.05) is 32.9 Å². The molecule has 0 bridgehead atoms. The van der Waals surface area contributed by atoms with Crippen LogP contribution in [0.1, 0.15) is 39.5 Å². The number of ether oxygens (including phenoxy) is 2. The lowest BCUT2D eigenvalue weighted by molar-refractivity contribution is -0.107. The lowest BCUT2D eigenvalue weighted by atomic mass is 9.88. The molecule has 0 aromatic rings. The van der Waals surface area contributed by atoms with Crippen LogP contribution in [0, 0.1) is 11.3 Å². The Labute approximate surface area is 122 Å². The van der Waals surface area contributed by atoms with E-state index in [0.29, 0.717) is 18.4 Å². The van der Waals surface area contributed by atoms with Gasteiger partial charge < -0.3 is 15.2 Å². The highest BCUT2D eigenvalue weighted by Crippen LogP contribution is 2.35. The third-order valence-corrected chi connectivity index (χ3v) is 4.32. The van der Waals surface area contributed by atoms with E-state index in [-0.39, 0.29) is 11.4 Å². The molecule has 2 heterocycles. The van der Waals surface area contributed by atoms with Crippen LogP contribution in [0.5, 0.6) is 0 Å². The third-order valence-electron chi connectivity index (χ3n) is 4.32. The Morgan fingerprint density at radius 1 is 1.45 bits per heavy atom. The maximum atomic E-state index is 7.45. The van der Waals surface area contributed by atoms with Crippen LogP contribution in [0.25, 0.3) is 0 Å². The van der Waals surface area contributed by atoms with E-state index in [1.54, 1.807) is 0 Å². The lowest BCUT2D eigenvalue weighted by Gasteiger charge is -2.42. The molecule has 2 unspecified atom stereocenters. The summed E-state index contributed by atoms with van der Waals surface area (Å²) in [6.45, 7) is 8.83. The Morgan fingerprint density at radius 3 is 2.85 bits per heavy atom. The molecule has 0 aromatic heterocycles. The molecule has 116 valence electrons. The van der Waals surface area contributed by atoms with E-state index >= 15 is 0 Å². The molecule has 5 nitrogen and oxygen atoms in total. The average Bonchev–Trinajstić information content (AvgIpc) is 2.82. The Kier molecular flexibility index (Phi) is 5.41. The average molecular weight is 283 g/mol. The monoisotopic (exact) mass is 283 g/mol. The van der Waals surface area contributed by atoms with Crippen molar-refractivity contribution in [3.8, 4) is 0 Å². The summed E-state index contributed by atoms with van der Waals surface area (Å²) in [4.78, 5) is 2.51. The molecule has 2 aliphatic heterocycles. The first-order valence-electron chi connectivity index (χ1n) is 7.79. The van der Waals surface area contributed by atoms with Gasteiger partial charge in [-0.1, -0.05) is 13.8 Å². The van der Waals surface area contributed by atoms with Gasteiger partial charge in [-0.25, -0.2) is 0 Å². The first-order chi connectivity index (χ1) is 9.51. The Balaban J connectivity index is 1.97. The van der Waals surface area contributed by atoms with Crippen LogP contribution in [-0.4, -0.2) is 55.3 Å². The highest BCUT2D eigenvalue weighted by molar-refractivity contribution is 5.76. The van der Waals surface area contributed by atoms with Crippen LogP contribution in [0.3, 0.4) is 0 Å². The van der Waals surface area contributed by atoms with Crippen molar-refractivity contribution in [3.63, 3.8) is 0 Å². The van der Waals surface area contributed by atoms with Gasteiger partial charge in [-0.3, -0.25) is 10.3 Å². The smallest absolute Gasteiger partial charge is 0.0951 e. The molecule has 0 saturated carbocycles. The van der Waals surface area contributed by atoms with Crippen molar-refractivity contribution < 1.29 is 9.47 Å². The van der Waals surface area contributed by atoms with E-state index in [0.717, 1.165) is 52.2 Å². The summed E-state index contributed by atoms with van der Waals surface area (Å²) in [6.07, 6.45) is 3.81. The molecule has 0 radical (unpaired) electrons.